The van der Waals surface area contributed by atoms with Crippen molar-refractivity contribution < 1.29 is 80.2 Å². The van der Waals surface area contributed by atoms with E-state index >= 15 is 0 Å². The van der Waals surface area contributed by atoms with Crippen molar-refractivity contribution in [2.75, 3.05) is 39.6 Å². The SMILES string of the molecule is CCCCCC/C=C\C=C/CCCCCCCC(=O)O[C@H](COC(=O)CCCCCCCCC(C)CC)COP(=O)(O)OC[C@H](O)COP(=O)(O)OC[C@@H](COC(=O)CCCCCCCCCC(C)C)OC(=O)CCCCCCCCCCCCCCCCCCCCC(C)CC. The Kier molecular flexibility index (Phi) is 66.3. The molecule has 0 saturated heterocycles. The van der Waals surface area contributed by atoms with Crippen LogP contribution in [0.25, 0.3) is 0 Å². The lowest BCUT2D eigenvalue weighted by molar-refractivity contribution is -0.161. The van der Waals surface area contributed by atoms with Gasteiger partial charge in [0.05, 0.1) is 26.4 Å². The molecule has 0 aromatic rings. The fraction of sp³-hybridized carbons (Fsp3) is 0.897. The Morgan fingerprint density at radius 1 is 0.340 bits per heavy atom. The fourth-order valence-electron chi connectivity index (χ4n) is 11.4. The molecule has 0 rings (SSSR count). The molecule has 0 saturated carbocycles. The first-order valence-corrected chi connectivity index (χ1v) is 42.7. The number of carbonyl (C=O) groups excluding carboxylic acids is 4. The number of hydrogen-bond acceptors (Lipinski definition) is 15. The van der Waals surface area contributed by atoms with Gasteiger partial charge in [-0.2, -0.15) is 0 Å². The molecule has 17 nitrogen and oxygen atoms in total. The minimum Gasteiger partial charge on any atom is -0.462 e. The third kappa shape index (κ3) is 69.1. The summed E-state index contributed by atoms with van der Waals surface area (Å²) in [4.78, 5) is 72.8. The van der Waals surface area contributed by atoms with Crippen LogP contribution in [0.3, 0.4) is 0 Å². The van der Waals surface area contributed by atoms with Crippen LogP contribution < -0.4 is 0 Å². The molecule has 0 heterocycles. The predicted molar refractivity (Wildman–Crippen MR) is 395 cm³/mol. The minimum atomic E-state index is -4.96. The number of unbranched alkanes of at least 4 members (excludes halogenated alkanes) is 37. The predicted octanol–water partition coefficient (Wildman–Crippen LogP) is 22.5. The molecular weight excluding hydrogens is 1270 g/mol. The fourth-order valence-corrected chi connectivity index (χ4v) is 12.9. The van der Waals surface area contributed by atoms with Crippen LogP contribution in [0.5, 0.6) is 0 Å². The van der Waals surface area contributed by atoms with Crippen molar-refractivity contribution in [2.24, 2.45) is 17.8 Å². The van der Waals surface area contributed by atoms with E-state index in [0.29, 0.717) is 31.6 Å². The van der Waals surface area contributed by atoms with Gasteiger partial charge < -0.3 is 33.8 Å². The lowest BCUT2D eigenvalue weighted by Crippen LogP contribution is -2.30. The highest BCUT2D eigenvalue weighted by Crippen LogP contribution is 2.45. The molecule has 19 heteroatoms. The Morgan fingerprint density at radius 3 is 0.918 bits per heavy atom. The maximum Gasteiger partial charge on any atom is 0.472 e. The molecule has 7 atom stereocenters. The largest absolute Gasteiger partial charge is 0.472 e. The molecular formula is C78H148O17P2. The third-order valence-corrected chi connectivity index (χ3v) is 20.1. The Bertz CT molecular complexity index is 1990. The maximum absolute atomic E-state index is 13.1. The summed E-state index contributed by atoms with van der Waals surface area (Å²) in [6.45, 7) is 11.8. The zero-order chi connectivity index (χ0) is 71.6. The summed E-state index contributed by atoms with van der Waals surface area (Å²) in [5, 5.41) is 10.6. The van der Waals surface area contributed by atoms with Gasteiger partial charge in [0.2, 0.25) is 0 Å². The average Bonchev–Trinajstić information content (AvgIpc) is 0.987. The average molecular weight is 1420 g/mol. The van der Waals surface area contributed by atoms with E-state index in [2.05, 4.69) is 72.8 Å². The van der Waals surface area contributed by atoms with E-state index in [1.165, 1.54) is 161 Å². The smallest absolute Gasteiger partial charge is 0.462 e. The van der Waals surface area contributed by atoms with Crippen LogP contribution in [0.2, 0.25) is 0 Å². The number of esters is 4. The van der Waals surface area contributed by atoms with E-state index in [0.717, 1.165) is 127 Å². The van der Waals surface area contributed by atoms with E-state index in [1.807, 2.05) is 0 Å². The second-order valence-corrected chi connectivity index (χ2v) is 31.3. The zero-order valence-corrected chi connectivity index (χ0v) is 64.8. The summed E-state index contributed by atoms with van der Waals surface area (Å²) in [6.07, 6.45) is 57.9. The van der Waals surface area contributed by atoms with E-state index in [-0.39, 0.29) is 25.7 Å². The van der Waals surface area contributed by atoms with Crippen LogP contribution in [0.15, 0.2) is 24.3 Å². The molecule has 572 valence electrons. The molecule has 0 bridgehead atoms. The van der Waals surface area contributed by atoms with Gasteiger partial charge in [-0.3, -0.25) is 37.3 Å². The summed E-state index contributed by atoms with van der Waals surface area (Å²) in [7, 11) is -9.93. The van der Waals surface area contributed by atoms with Gasteiger partial charge in [-0.05, 0) is 69.1 Å². The summed E-state index contributed by atoms with van der Waals surface area (Å²) >= 11 is 0. The van der Waals surface area contributed by atoms with Crippen LogP contribution in [-0.2, 0) is 65.4 Å². The van der Waals surface area contributed by atoms with Gasteiger partial charge in [0.15, 0.2) is 12.2 Å². The van der Waals surface area contributed by atoms with Crippen LogP contribution in [-0.4, -0.2) is 96.7 Å². The number of phosphoric ester groups is 2. The van der Waals surface area contributed by atoms with E-state index < -0.39 is 97.5 Å². The molecule has 4 unspecified atom stereocenters. The molecule has 0 aromatic heterocycles. The van der Waals surface area contributed by atoms with Crippen molar-refractivity contribution in [3.8, 4) is 0 Å². The summed E-state index contributed by atoms with van der Waals surface area (Å²) in [6, 6.07) is 0. The summed E-state index contributed by atoms with van der Waals surface area (Å²) < 4.78 is 68.5. The first-order chi connectivity index (χ1) is 46.8. The number of ether oxygens (including phenoxy) is 4. The van der Waals surface area contributed by atoms with Crippen LogP contribution in [0.4, 0.5) is 0 Å². The van der Waals surface area contributed by atoms with Gasteiger partial charge in [0.25, 0.3) is 0 Å². The summed E-state index contributed by atoms with van der Waals surface area (Å²) in [5.74, 6) is 0.151. The second-order valence-electron chi connectivity index (χ2n) is 28.4. The number of rotatable bonds is 74. The normalized spacial score (nSPS) is 14.8. The molecule has 3 N–H and O–H groups in total. The minimum absolute atomic E-state index is 0.0838. The van der Waals surface area contributed by atoms with Crippen molar-refractivity contribution in [3.05, 3.63) is 24.3 Å². The molecule has 0 spiro atoms. The first kappa shape index (κ1) is 94.5. The van der Waals surface area contributed by atoms with Crippen molar-refractivity contribution in [3.63, 3.8) is 0 Å². The standard InChI is InChI=1S/C78H148O17P2/c1-8-11-12-13-14-15-16-17-22-26-29-32-37-47-54-62-78(83)95-74(66-89-76(81)60-53-46-41-40-44-51-58-71(7)10-3)68-93-97(86,87)91-64-72(79)63-90-96(84,85)92-67-73(65-88-75(80)59-52-45-39-34-35-42-49-56-69(4)5)94-77(82)61-55-48-38-33-30-27-24-21-19-18-20-23-25-28-31-36-43-50-57-70(6)9-2/h15-17,22,69-74,79H,8-14,18-21,23-68H2,1-7H3,(H,84,85)(H,86,87)/b16-15-,22-17-/t70?,71?,72-,73-,74-/m1/s1. The third-order valence-electron chi connectivity index (χ3n) is 18.2. The van der Waals surface area contributed by atoms with E-state index in [4.69, 9.17) is 37.0 Å². The first-order valence-electron chi connectivity index (χ1n) is 39.7. The number of aliphatic hydroxyl groups excluding tert-OH is 1. The van der Waals surface area contributed by atoms with Crippen molar-refractivity contribution in [2.45, 2.75) is 394 Å². The van der Waals surface area contributed by atoms with Crippen LogP contribution >= 0.6 is 15.6 Å². The Morgan fingerprint density at radius 2 is 0.608 bits per heavy atom. The van der Waals surface area contributed by atoms with Gasteiger partial charge in [-0.1, -0.05) is 323 Å². The van der Waals surface area contributed by atoms with Gasteiger partial charge >= 0.3 is 39.5 Å². The number of hydrogen-bond donors (Lipinski definition) is 3. The topological polar surface area (TPSA) is 237 Å². The van der Waals surface area contributed by atoms with E-state index in [1.54, 1.807) is 0 Å². The van der Waals surface area contributed by atoms with Gasteiger partial charge in [-0.15, -0.1) is 0 Å². The maximum atomic E-state index is 13.1. The molecule has 0 radical (unpaired) electrons. The van der Waals surface area contributed by atoms with Gasteiger partial charge in [-0.25, -0.2) is 9.13 Å². The van der Waals surface area contributed by atoms with Crippen molar-refractivity contribution in [1.82, 2.24) is 0 Å². The van der Waals surface area contributed by atoms with Crippen molar-refractivity contribution in [1.29, 1.82) is 0 Å². The quantitative estimate of drug-likeness (QED) is 0.0169. The van der Waals surface area contributed by atoms with Gasteiger partial charge in [0.1, 0.15) is 19.3 Å². The molecule has 0 aliphatic carbocycles. The molecule has 0 amide bonds. The lowest BCUT2D eigenvalue weighted by atomic mass is 9.99. The van der Waals surface area contributed by atoms with Crippen molar-refractivity contribution >= 4 is 39.5 Å². The monoisotopic (exact) mass is 1420 g/mol. The number of phosphoric acid groups is 2. The Labute approximate surface area is 592 Å². The lowest BCUT2D eigenvalue weighted by Gasteiger charge is -2.21. The zero-order valence-electron chi connectivity index (χ0n) is 63.0. The number of carbonyl (C=O) groups is 4. The molecule has 97 heavy (non-hydrogen) atoms. The number of aliphatic hydroxyl groups is 1. The molecule has 0 fully saturated rings. The molecule has 0 aliphatic rings. The van der Waals surface area contributed by atoms with Crippen LogP contribution in [0.1, 0.15) is 376 Å². The number of allylic oxidation sites excluding steroid dienone is 4. The van der Waals surface area contributed by atoms with E-state index in [9.17, 15) is 43.2 Å². The molecule has 0 aliphatic heterocycles. The summed E-state index contributed by atoms with van der Waals surface area (Å²) in [5.41, 5.74) is 0. The highest BCUT2D eigenvalue weighted by molar-refractivity contribution is 7.47. The highest BCUT2D eigenvalue weighted by Gasteiger charge is 2.30. The Balaban J connectivity index is 5.20. The molecule has 0 aromatic carbocycles. The van der Waals surface area contributed by atoms with Crippen LogP contribution in [0, 0.1) is 17.8 Å². The van der Waals surface area contributed by atoms with Gasteiger partial charge in [0, 0.05) is 25.7 Å². The Hall–Kier alpha value is -2.46. The second kappa shape index (κ2) is 68.0. The highest BCUT2D eigenvalue weighted by atomic mass is 31.2.